The average Bonchev–Trinajstić information content (AvgIpc) is 1.76. The Morgan fingerprint density at radius 1 is 0.450 bits per heavy atom. The maximum Gasteiger partial charge on any atom is 0 e. The third kappa shape index (κ3) is 2040. The summed E-state index contributed by atoms with van der Waals surface area (Å²) >= 11 is -10.4. The summed E-state index contributed by atoms with van der Waals surface area (Å²) in [5.41, 5.74) is 0. The Labute approximate surface area is 158 Å². The maximum absolute atomic E-state index is 8.67. The number of rotatable bonds is 0. The van der Waals surface area contributed by atoms with Crippen LogP contribution in [-0.4, -0.2) is 93.8 Å². The van der Waals surface area contributed by atoms with Gasteiger partial charge in [-0.2, -0.15) is 16.8 Å². The maximum atomic E-state index is 8.67. The first-order valence-corrected chi connectivity index (χ1v) is 6.38. The Bertz CT molecular complexity index is 165. The minimum absolute atomic E-state index is 0. The van der Waals surface area contributed by atoms with E-state index in [0.717, 1.165) is 0 Å². The van der Waals surface area contributed by atoms with Crippen LogP contribution in [0.2, 0.25) is 0 Å². The molecule has 20 heteroatoms. The van der Waals surface area contributed by atoms with Crippen LogP contribution in [0.15, 0.2) is 0 Å². The van der Waals surface area contributed by atoms with E-state index < -0.39 is 45.4 Å². The molecule has 0 aliphatic rings. The average molecular weight is 495 g/mol. The molecule has 0 rings (SSSR count). The number of hydrogen-bond donors (Lipinski definition) is 8. The molecular formula is H13NaO14PdS4. The van der Waals surface area contributed by atoms with E-state index >= 15 is 0 Å². The predicted molar refractivity (Wildman–Crippen MR) is 68.0 cm³/mol. The van der Waals surface area contributed by atoms with Crippen molar-refractivity contribution in [2.75, 3.05) is 0 Å². The van der Waals surface area contributed by atoms with Gasteiger partial charge in [-0.25, -0.2) is 0 Å². The molecule has 12 N–H and O–H groups in total. The Kier molecular flexibility index (Phi) is 106. The van der Waals surface area contributed by atoms with Crippen molar-refractivity contribution in [1.82, 2.24) is 0 Å². The molecule has 0 aliphatic heterocycles. The van der Waals surface area contributed by atoms with Crippen LogP contribution in [0.25, 0.3) is 0 Å². The van der Waals surface area contributed by atoms with Gasteiger partial charge in [-0.05, 0) is 0 Å². The first-order chi connectivity index (χ1) is 6.93. The molecule has 0 saturated carbocycles. The quantitative estimate of drug-likeness (QED) is 0.120. The zero-order valence-corrected chi connectivity index (χ0v) is 13.0. The summed E-state index contributed by atoms with van der Waals surface area (Å²) in [6, 6.07) is 0. The van der Waals surface area contributed by atoms with Gasteiger partial charge < -0.3 is 11.0 Å². The fourth-order valence-electron chi connectivity index (χ4n) is 0. The van der Waals surface area contributed by atoms with Crippen molar-refractivity contribution in [3.8, 4) is 0 Å². The normalized spacial score (nSPS) is 7.00. The minimum Gasteiger partial charge on any atom is 0 e. The molecule has 0 heterocycles. The van der Waals surface area contributed by atoms with Crippen LogP contribution in [0.5, 0.6) is 0 Å². The van der Waals surface area contributed by atoms with Gasteiger partial charge in [-0.15, -0.1) is 0 Å². The molecule has 0 aromatic heterocycles. The molecule has 0 spiro atoms. The third-order valence-electron chi connectivity index (χ3n) is 0. The fourth-order valence-corrected chi connectivity index (χ4v) is 0. The molecule has 20 heavy (non-hydrogen) atoms. The van der Waals surface area contributed by atoms with Crippen molar-refractivity contribution >= 4 is 75.0 Å². The van der Waals surface area contributed by atoms with Crippen LogP contribution in [0.3, 0.4) is 0 Å². The summed E-state index contributed by atoms with van der Waals surface area (Å²) < 4.78 is 91.3. The summed E-state index contributed by atoms with van der Waals surface area (Å²) in [4.78, 5) is 0. The van der Waals surface area contributed by atoms with Gasteiger partial charge in [-0.1, -0.05) is 0 Å². The minimum atomic E-state index is -2.61. The van der Waals surface area contributed by atoms with Gasteiger partial charge in [0.1, 0.15) is 0 Å². The van der Waals surface area contributed by atoms with Crippen LogP contribution in [0, 0.1) is 0 Å². The summed E-state index contributed by atoms with van der Waals surface area (Å²) in [7, 11) is 0. The van der Waals surface area contributed by atoms with Crippen molar-refractivity contribution in [3.05, 3.63) is 0 Å². The van der Waals surface area contributed by atoms with Crippen molar-refractivity contribution in [2.45, 2.75) is 0 Å². The van der Waals surface area contributed by atoms with Crippen LogP contribution in [-0.2, 0) is 65.9 Å². The van der Waals surface area contributed by atoms with E-state index in [4.69, 9.17) is 53.3 Å². The summed E-state index contributed by atoms with van der Waals surface area (Å²) in [5.74, 6) is 0. The van der Waals surface area contributed by atoms with Gasteiger partial charge in [0.25, 0.3) is 45.4 Å². The van der Waals surface area contributed by atoms with Gasteiger partial charge in [0, 0.05) is 20.4 Å². The summed E-state index contributed by atoms with van der Waals surface area (Å²) in [6.07, 6.45) is 0. The topological polar surface area (TPSA) is 293 Å². The SMILES string of the molecule is O.O.O=S(O)O.O=S(O)O.O=S(O)O.O=S(O)O.[NaH].[Pd]. The molecule has 0 bridgehead atoms. The second kappa shape index (κ2) is 42.8. The first kappa shape index (κ1) is 49.5. The van der Waals surface area contributed by atoms with Crippen LogP contribution < -0.4 is 0 Å². The molecule has 0 aromatic rings. The second-order valence-corrected chi connectivity index (χ2v) is 2.77. The molecule has 0 fully saturated rings. The summed E-state index contributed by atoms with van der Waals surface area (Å²) in [6.45, 7) is 0. The molecule has 0 radical (unpaired) electrons. The second-order valence-electron chi connectivity index (χ2n) is 0.923. The molecule has 0 aromatic carbocycles. The van der Waals surface area contributed by atoms with Gasteiger partial charge in [0.05, 0.1) is 0 Å². The molecule has 132 valence electrons. The van der Waals surface area contributed by atoms with E-state index in [2.05, 4.69) is 0 Å². The van der Waals surface area contributed by atoms with E-state index in [1.165, 1.54) is 0 Å². The van der Waals surface area contributed by atoms with Crippen molar-refractivity contribution in [2.24, 2.45) is 0 Å². The molecule has 0 atom stereocenters. The van der Waals surface area contributed by atoms with Crippen molar-refractivity contribution in [3.63, 3.8) is 0 Å². The first-order valence-electron chi connectivity index (χ1n) is 2.13. The molecule has 0 amide bonds. The molecule has 14 nitrogen and oxygen atoms in total. The predicted octanol–water partition coefficient (Wildman–Crippen LogP) is -3.58. The summed E-state index contributed by atoms with van der Waals surface area (Å²) in [5, 5.41) is 0. The largest absolute Gasteiger partial charge is 0 e. The Morgan fingerprint density at radius 3 is 0.450 bits per heavy atom. The molecule has 0 saturated heterocycles. The number of hydrogen-bond acceptors (Lipinski definition) is 4. The standard InChI is InChI=1S/Na.4H2O3S.2H2O.Pd.H/c;4*1-4(2)3;;;;/h;4*(H2,1,2,3);2*1H2;;. The zero-order chi connectivity index (χ0) is 14.3. The van der Waals surface area contributed by atoms with Crippen LogP contribution in [0.1, 0.15) is 0 Å². The van der Waals surface area contributed by atoms with E-state index in [1.807, 2.05) is 0 Å². The Balaban J connectivity index is -0.0000000150. The van der Waals surface area contributed by atoms with Gasteiger partial charge in [0.15, 0.2) is 0 Å². The Hall–Kier alpha value is 1.86. The fraction of sp³-hybridized carbons (Fsp3) is 0. The zero-order valence-electron chi connectivity index (χ0n) is 8.16. The molecule has 0 aliphatic carbocycles. The van der Waals surface area contributed by atoms with E-state index in [9.17, 15) is 0 Å². The van der Waals surface area contributed by atoms with E-state index in [-0.39, 0.29) is 60.9 Å². The third-order valence-corrected chi connectivity index (χ3v) is 0. The Morgan fingerprint density at radius 2 is 0.450 bits per heavy atom. The van der Waals surface area contributed by atoms with Crippen molar-refractivity contribution in [1.29, 1.82) is 0 Å². The van der Waals surface area contributed by atoms with Crippen molar-refractivity contribution < 1.29 is 84.6 Å². The monoisotopic (exact) mass is 494 g/mol. The molecular weight excluding hydrogens is 482 g/mol. The van der Waals surface area contributed by atoms with Crippen LogP contribution >= 0.6 is 0 Å². The molecule has 0 unspecified atom stereocenters. The van der Waals surface area contributed by atoms with E-state index in [0.29, 0.717) is 0 Å². The van der Waals surface area contributed by atoms with Gasteiger partial charge >= 0.3 is 29.6 Å². The smallest absolute Gasteiger partial charge is 0 e. The van der Waals surface area contributed by atoms with Crippen LogP contribution in [0.4, 0.5) is 0 Å². The van der Waals surface area contributed by atoms with E-state index in [1.54, 1.807) is 0 Å². The van der Waals surface area contributed by atoms with Gasteiger partial charge in [0.2, 0.25) is 0 Å². The van der Waals surface area contributed by atoms with Gasteiger partial charge in [-0.3, -0.25) is 36.4 Å².